The van der Waals surface area contributed by atoms with Gasteiger partial charge in [-0.25, -0.2) is 18.7 Å². The van der Waals surface area contributed by atoms with E-state index in [9.17, 15) is 14.0 Å². The van der Waals surface area contributed by atoms with Crippen LogP contribution in [0.5, 0.6) is 0 Å². The molecule has 32 heavy (non-hydrogen) atoms. The van der Waals surface area contributed by atoms with E-state index >= 15 is 0 Å². The minimum atomic E-state index is -2.51. The van der Waals surface area contributed by atoms with Gasteiger partial charge >= 0.3 is 0 Å². The lowest BCUT2D eigenvalue weighted by molar-refractivity contribution is 0.163. The summed E-state index contributed by atoms with van der Waals surface area (Å²) in [5.74, 6) is 0.822. The summed E-state index contributed by atoms with van der Waals surface area (Å²) in [5.41, 5.74) is 2.52. The van der Waals surface area contributed by atoms with Gasteiger partial charge in [0.05, 0.1) is 29.2 Å². The third-order valence-electron chi connectivity index (χ3n) is 5.27. The van der Waals surface area contributed by atoms with Crippen molar-refractivity contribution in [2.75, 3.05) is 42.9 Å². The zero-order chi connectivity index (χ0) is 22.7. The Balaban J connectivity index is 1.55. The van der Waals surface area contributed by atoms with Gasteiger partial charge in [0.15, 0.2) is 11.6 Å². The number of fused-ring (bicyclic) bond motifs is 1. The van der Waals surface area contributed by atoms with Gasteiger partial charge in [0.25, 0.3) is 6.43 Å². The molecule has 1 aromatic heterocycles. The molecule has 4 rings (SSSR count). The summed E-state index contributed by atoms with van der Waals surface area (Å²) in [5, 5.41) is 13.2. The molecule has 1 saturated heterocycles. The first-order chi connectivity index (χ1) is 15.4. The van der Waals surface area contributed by atoms with Crippen molar-refractivity contribution < 1.29 is 8.78 Å². The Bertz CT molecular complexity index is 1160. The molecular formula is C22H20Cl2F2N6. The number of anilines is 2. The standard InChI is InChI=1S/C22H20Cl2F2N6/c23-16-2-3-17(24)15(10-16)13-31-5-7-32(8-6-31)22-21(28-12-20(25)26)29-18-4-1-14(11-27)9-19(18)30-22/h1-4,9-10,20H,5-8,12-13H2,(H,28,29). The molecule has 0 aliphatic carbocycles. The molecule has 0 bridgehead atoms. The monoisotopic (exact) mass is 476 g/mol. The van der Waals surface area contributed by atoms with Crippen LogP contribution in [0, 0.1) is 11.3 Å². The Kier molecular flexibility index (Phi) is 6.89. The maximum absolute atomic E-state index is 12.8. The van der Waals surface area contributed by atoms with E-state index in [2.05, 4.69) is 26.3 Å². The van der Waals surface area contributed by atoms with Gasteiger partial charge in [-0.3, -0.25) is 4.90 Å². The number of rotatable bonds is 6. The Morgan fingerprint density at radius 2 is 1.81 bits per heavy atom. The van der Waals surface area contributed by atoms with Crippen LogP contribution in [0.4, 0.5) is 20.4 Å². The van der Waals surface area contributed by atoms with Gasteiger partial charge in [-0.2, -0.15) is 5.26 Å². The topological polar surface area (TPSA) is 68.1 Å². The summed E-state index contributed by atoms with van der Waals surface area (Å²) in [4.78, 5) is 13.4. The highest BCUT2D eigenvalue weighted by molar-refractivity contribution is 6.33. The van der Waals surface area contributed by atoms with Crippen LogP contribution in [0.3, 0.4) is 0 Å². The first-order valence-corrected chi connectivity index (χ1v) is 10.8. The Labute approximate surface area is 194 Å². The first-order valence-electron chi connectivity index (χ1n) is 10.1. The van der Waals surface area contributed by atoms with Gasteiger partial charge in [-0.15, -0.1) is 0 Å². The second-order valence-electron chi connectivity index (χ2n) is 7.48. The van der Waals surface area contributed by atoms with Crippen molar-refractivity contribution in [3.05, 3.63) is 57.6 Å². The molecule has 1 aliphatic rings. The van der Waals surface area contributed by atoms with Crippen LogP contribution in [0.15, 0.2) is 36.4 Å². The number of nitriles is 1. The van der Waals surface area contributed by atoms with Crippen LogP contribution in [-0.4, -0.2) is 54.0 Å². The summed E-state index contributed by atoms with van der Waals surface area (Å²) < 4.78 is 25.7. The van der Waals surface area contributed by atoms with Crippen molar-refractivity contribution >= 4 is 45.9 Å². The lowest BCUT2D eigenvalue weighted by atomic mass is 10.2. The number of piperazine rings is 1. The van der Waals surface area contributed by atoms with E-state index in [1.165, 1.54) is 0 Å². The molecule has 1 fully saturated rings. The zero-order valence-corrected chi connectivity index (χ0v) is 18.5. The van der Waals surface area contributed by atoms with E-state index in [0.717, 1.165) is 18.7 Å². The largest absolute Gasteiger partial charge is 0.361 e. The molecule has 166 valence electrons. The molecular weight excluding hydrogens is 457 g/mol. The molecule has 1 aliphatic heterocycles. The van der Waals surface area contributed by atoms with E-state index in [0.29, 0.717) is 57.9 Å². The molecule has 0 amide bonds. The minimum Gasteiger partial charge on any atom is -0.361 e. The molecule has 3 aromatic rings. The fraction of sp³-hybridized carbons (Fsp3) is 0.318. The fourth-order valence-corrected chi connectivity index (χ4v) is 4.02. The van der Waals surface area contributed by atoms with Crippen LogP contribution in [0.2, 0.25) is 10.0 Å². The predicted molar refractivity (Wildman–Crippen MR) is 123 cm³/mol. The first kappa shape index (κ1) is 22.5. The fourth-order valence-electron chi connectivity index (χ4n) is 3.65. The second-order valence-corrected chi connectivity index (χ2v) is 8.33. The smallest absolute Gasteiger partial charge is 0.255 e. The predicted octanol–water partition coefficient (Wildman–Crippen LogP) is 4.81. The quantitative estimate of drug-likeness (QED) is 0.550. The number of hydrogen-bond donors (Lipinski definition) is 1. The molecule has 0 unspecified atom stereocenters. The van der Waals surface area contributed by atoms with Gasteiger partial charge in [0.1, 0.15) is 0 Å². The highest BCUT2D eigenvalue weighted by atomic mass is 35.5. The number of halogens is 4. The average molecular weight is 477 g/mol. The van der Waals surface area contributed by atoms with Crippen molar-refractivity contribution in [3.63, 3.8) is 0 Å². The van der Waals surface area contributed by atoms with Crippen molar-refractivity contribution in [2.45, 2.75) is 13.0 Å². The van der Waals surface area contributed by atoms with Crippen LogP contribution in [0.25, 0.3) is 11.0 Å². The Hall–Kier alpha value is -2.73. The van der Waals surface area contributed by atoms with Crippen molar-refractivity contribution in [3.8, 4) is 6.07 Å². The average Bonchev–Trinajstić information content (AvgIpc) is 2.79. The highest BCUT2D eigenvalue weighted by Crippen LogP contribution is 2.28. The number of aromatic nitrogens is 2. The van der Waals surface area contributed by atoms with Gasteiger partial charge in [0, 0.05) is 42.8 Å². The van der Waals surface area contributed by atoms with E-state index in [4.69, 9.17) is 23.2 Å². The van der Waals surface area contributed by atoms with Crippen molar-refractivity contribution in [1.29, 1.82) is 5.26 Å². The summed E-state index contributed by atoms with van der Waals surface area (Å²) in [6.45, 7) is 2.89. The van der Waals surface area contributed by atoms with Crippen molar-refractivity contribution in [1.82, 2.24) is 14.9 Å². The van der Waals surface area contributed by atoms with E-state index in [-0.39, 0.29) is 0 Å². The normalized spacial score (nSPS) is 14.7. The van der Waals surface area contributed by atoms with Crippen LogP contribution < -0.4 is 10.2 Å². The highest BCUT2D eigenvalue weighted by Gasteiger charge is 2.23. The third kappa shape index (κ3) is 5.18. The summed E-state index contributed by atoms with van der Waals surface area (Å²) in [6, 6.07) is 12.5. The Morgan fingerprint density at radius 1 is 1.03 bits per heavy atom. The molecule has 10 heteroatoms. The molecule has 0 saturated carbocycles. The SMILES string of the molecule is N#Cc1ccc2nc(NCC(F)F)c(N3CCN(Cc4cc(Cl)ccc4Cl)CC3)nc2c1. The second kappa shape index (κ2) is 9.82. The van der Waals surface area contributed by atoms with Crippen LogP contribution in [0.1, 0.15) is 11.1 Å². The minimum absolute atomic E-state index is 0.314. The zero-order valence-electron chi connectivity index (χ0n) is 17.0. The summed E-state index contributed by atoms with van der Waals surface area (Å²) in [6.07, 6.45) is -2.51. The molecule has 6 nitrogen and oxygen atoms in total. The third-order valence-corrected chi connectivity index (χ3v) is 5.88. The number of alkyl halides is 2. The van der Waals surface area contributed by atoms with Gasteiger partial charge < -0.3 is 10.2 Å². The molecule has 2 aromatic carbocycles. The van der Waals surface area contributed by atoms with E-state index in [1.807, 2.05) is 11.0 Å². The van der Waals surface area contributed by atoms with Crippen LogP contribution >= 0.6 is 23.2 Å². The number of nitrogens with zero attached hydrogens (tertiary/aromatic N) is 5. The summed E-state index contributed by atoms with van der Waals surface area (Å²) >= 11 is 12.4. The van der Waals surface area contributed by atoms with Crippen molar-refractivity contribution in [2.24, 2.45) is 0 Å². The molecule has 0 atom stereocenters. The number of hydrogen-bond acceptors (Lipinski definition) is 6. The summed E-state index contributed by atoms with van der Waals surface area (Å²) in [7, 11) is 0. The Morgan fingerprint density at radius 3 is 2.53 bits per heavy atom. The lowest BCUT2D eigenvalue weighted by Crippen LogP contribution is -2.46. The number of benzene rings is 2. The van der Waals surface area contributed by atoms with E-state index in [1.54, 1.807) is 30.3 Å². The molecule has 1 N–H and O–H groups in total. The van der Waals surface area contributed by atoms with Gasteiger partial charge in [-0.1, -0.05) is 23.2 Å². The van der Waals surface area contributed by atoms with Crippen LogP contribution in [-0.2, 0) is 6.54 Å². The molecule has 0 spiro atoms. The maximum Gasteiger partial charge on any atom is 0.255 e. The maximum atomic E-state index is 12.8. The van der Waals surface area contributed by atoms with E-state index < -0.39 is 13.0 Å². The molecule has 2 heterocycles. The van der Waals surface area contributed by atoms with Gasteiger partial charge in [0.2, 0.25) is 0 Å². The molecule has 0 radical (unpaired) electrons. The number of nitrogens with one attached hydrogen (secondary N) is 1. The lowest BCUT2D eigenvalue weighted by Gasteiger charge is -2.36. The van der Waals surface area contributed by atoms with Gasteiger partial charge in [-0.05, 0) is 42.0 Å².